The average molecular weight is 226 g/mol. The van der Waals surface area contributed by atoms with Crippen molar-refractivity contribution >= 4 is 17.3 Å². The zero-order chi connectivity index (χ0) is 10.9. The Hall–Kier alpha value is -0.940. The van der Waals surface area contributed by atoms with Crippen molar-refractivity contribution in [2.75, 3.05) is 5.73 Å². The summed E-state index contributed by atoms with van der Waals surface area (Å²) in [7, 11) is 0. The van der Waals surface area contributed by atoms with E-state index >= 15 is 0 Å². The molecule has 78 valence electrons. The molecule has 2 nitrogen and oxygen atoms in total. The molecule has 3 N–H and O–H groups in total. The van der Waals surface area contributed by atoms with Gasteiger partial charge in [-0.05, 0) is 17.7 Å². The standard InChI is InChI=1S/C8H7ClF3NO/c9-5-1-4(3-14)2-6(13)7(5)8(10,11)12/h1-2,14H,3,13H2. The van der Waals surface area contributed by atoms with Crippen LogP contribution in [0.4, 0.5) is 18.9 Å². The summed E-state index contributed by atoms with van der Waals surface area (Å²) in [6.45, 7) is -0.401. The molecule has 0 bridgehead atoms. The summed E-state index contributed by atoms with van der Waals surface area (Å²) in [6.07, 6.45) is -4.57. The van der Waals surface area contributed by atoms with E-state index < -0.39 is 29.1 Å². The highest BCUT2D eigenvalue weighted by atomic mass is 35.5. The summed E-state index contributed by atoms with van der Waals surface area (Å²) < 4.78 is 37.0. The highest BCUT2D eigenvalue weighted by Crippen LogP contribution is 2.39. The van der Waals surface area contributed by atoms with E-state index in [1.165, 1.54) is 0 Å². The first-order valence-corrected chi connectivity index (χ1v) is 4.00. The molecule has 0 aliphatic heterocycles. The van der Waals surface area contributed by atoms with Crippen LogP contribution in [0.15, 0.2) is 12.1 Å². The number of halogens is 4. The van der Waals surface area contributed by atoms with Crippen LogP contribution in [0, 0.1) is 0 Å². The first kappa shape index (κ1) is 11.1. The number of nitrogen functional groups attached to an aromatic ring is 1. The molecule has 1 aromatic carbocycles. The number of hydrogen-bond donors (Lipinski definition) is 2. The Kier molecular flexibility index (Phi) is 2.92. The summed E-state index contributed by atoms with van der Waals surface area (Å²) in [6, 6.07) is 2.09. The van der Waals surface area contributed by atoms with Crippen LogP contribution >= 0.6 is 11.6 Å². The van der Waals surface area contributed by atoms with E-state index in [0.717, 1.165) is 12.1 Å². The minimum Gasteiger partial charge on any atom is -0.398 e. The van der Waals surface area contributed by atoms with Crippen LogP contribution < -0.4 is 5.73 Å². The van der Waals surface area contributed by atoms with Crippen LogP contribution in [0.5, 0.6) is 0 Å². The van der Waals surface area contributed by atoms with Crippen molar-refractivity contribution in [1.29, 1.82) is 0 Å². The maximum Gasteiger partial charge on any atom is 0.419 e. The molecule has 14 heavy (non-hydrogen) atoms. The van der Waals surface area contributed by atoms with Crippen molar-refractivity contribution in [3.05, 3.63) is 28.3 Å². The molecule has 0 fully saturated rings. The Balaban J connectivity index is 3.33. The third-order valence-corrected chi connectivity index (χ3v) is 1.94. The lowest BCUT2D eigenvalue weighted by molar-refractivity contribution is -0.136. The number of alkyl halides is 3. The summed E-state index contributed by atoms with van der Waals surface area (Å²) in [5.74, 6) is 0. The Morgan fingerprint density at radius 1 is 1.36 bits per heavy atom. The maximum atomic E-state index is 12.3. The van der Waals surface area contributed by atoms with Gasteiger partial charge in [0.05, 0.1) is 17.2 Å². The molecular formula is C8H7ClF3NO. The van der Waals surface area contributed by atoms with E-state index in [4.69, 9.17) is 22.4 Å². The average Bonchev–Trinajstić information content (AvgIpc) is 1.99. The number of aliphatic hydroxyl groups excluding tert-OH is 1. The van der Waals surface area contributed by atoms with Crippen LogP contribution in [0.3, 0.4) is 0 Å². The van der Waals surface area contributed by atoms with Crippen molar-refractivity contribution in [3.8, 4) is 0 Å². The summed E-state index contributed by atoms with van der Waals surface area (Å²) in [5, 5.41) is 8.19. The summed E-state index contributed by atoms with van der Waals surface area (Å²) in [4.78, 5) is 0. The molecule has 0 spiro atoms. The SMILES string of the molecule is Nc1cc(CO)cc(Cl)c1C(F)(F)F. The molecule has 0 amide bonds. The van der Waals surface area contributed by atoms with Gasteiger partial charge in [-0.15, -0.1) is 0 Å². The van der Waals surface area contributed by atoms with E-state index in [1.807, 2.05) is 0 Å². The molecule has 0 heterocycles. The highest BCUT2D eigenvalue weighted by Gasteiger charge is 2.35. The summed E-state index contributed by atoms with van der Waals surface area (Å²) >= 11 is 5.39. The van der Waals surface area contributed by atoms with Gasteiger partial charge in [0.1, 0.15) is 0 Å². The van der Waals surface area contributed by atoms with E-state index in [9.17, 15) is 13.2 Å². The van der Waals surface area contributed by atoms with Gasteiger partial charge >= 0.3 is 6.18 Å². The lowest BCUT2D eigenvalue weighted by atomic mass is 10.1. The summed E-state index contributed by atoms with van der Waals surface area (Å²) in [5.41, 5.74) is 3.88. The van der Waals surface area contributed by atoms with Crippen LogP contribution in [-0.2, 0) is 12.8 Å². The Morgan fingerprint density at radius 2 is 1.93 bits per heavy atom. The molecule has 6 heteroatoms. The monoisotopic (exact) mass is 225 g/mol. The second-order valence-electron chi connectivity index (χ2n) is 2.70. The topological polar surface area (TPSA) is 46.2 Å². The maximum absolute atomic E-state index is 12.3. The Labute approximate surface area is 83.1 Å². The molecule has 0 saturated carbocycles. The number of rotatable bonds is 1. The fraction of sp³-hybridized carbons (Fsp3) is 0.250. The first-order chi connectivity index (χ1) is 6.36. The van der Waals surface area contributed by atoms with Crippen LogP contribution in [0.25, 0.3) is 0 Å². The normalized spacial score (nSPS) is 11.8. The fourth-order valence-electron chi connectivity index (χ4n) is 1.08. The zero-order valence-electron chi connectivity index (χ0n) is 6.90. The first-order valence-electron chi connectivity index (χ1n) is 3.62. The predicted molar refractivity (Wildman–Crippen MR) is 46.8 cm³/mol. The van der Waals surface area contributed by atoms with Crippen molar-refractivity contribution < 1.29 is 18.3 Å². The molecular weight excluding hydrogens is 219 g/mol. The molecule has 0 aliphatic carbocycles. The van der Waals surface area contributed by atoms with E-state index in [1.54, 1.807) is 0 Å². The number of benzene rings is 1. The minimum absolute atomic E-state index is 0.250. The second kappa shape index (κ2) is 3.67. The van der Waals surface area contributed by atoms with Gasteiger partial charge in [0, 0.05) is 5.69 Å². The molecule has 0 aliphatic rings. The van der Waals surface area contributed by atoms with Gasteiger partial charge in [-0.1, -0.05) is 11.6 Å². The van der Waals surface area contributed by atoms with Crippen molar-refractivity contribution in [1.82, 2.24) is 0 Å². The Morgan fingerprint density at radius 3 is 2.29 bits per heavy atom. The van der Waals surface area contributed by atoms with E-state index in [-0.39, 0.29) is 5.56 Å². The van der Waals surface area contributed by atoms with E-state index in [0.29, 0.717) is 0 Å². The number of nitrogens with two attached hydrogens (primary N) is 1. The van der Waals surface area contributed by atoms with Gasteiger partial charge < -0.3 is 10.8 Å². The number of aliphatic hydroxyl groups is 1. The van der Waals surface area contributed by atoms with Gasteiger partial charge in [-0.3, -0.25) is 0 Å². The van der Waals surface area contributed by atoms with E-state index in [2.05, 4.69) is 0 Å². The largest absolute Gasteiger partial charge is 0.419 e. The van der Waals surface area contributed by atoms with Crippen molar-refractivity contribution in [2.45, 2.75) is 12.8 Å². The lowest BCUT2D eigenvalue weighted by Crippen LogP contribution is -2.10. The quantitative estimate of drug-likeness (QED) is 0.721. The van der Waals surface area contributed by atoms with Gasteiger partial charge in [0.25, 0.3) is 0 Å². The van der Waals surface area contributed by atoms with Crippen molar-refractivity contribution in [2.24, 2.45) is 0 Å². The van der Waals surface area contributed by atoms with Gasteiger partial charge in [-0.25, -0.2) is 0 Å². The molecule has 0 atom stereocenters. The van der Waals surface area contributed by atoms with Crippen LogP contribution in [0.2, 0.25) is 5.02 Å². The molecule has 1 rings (SSSR count). The molecule has 1 aromatic rings. The second-order valence-corrected chi connectivity index (χ2v) is 3.10. The fourth-order valence-corrected chi connectivity index (χ4v) is 1.43. The van der Waals surface area contributed by atoms with Gasteiger partial charge in [-0.2, -0.15) is 13.2 Å². The van der Waals surface area contributed by atoms with Crippen LogP contribution in [0.1, 0.15) is 11.1 Å². The lowest BCUT2D eigenvalue weighted by Gasteiger charge is -2.12. The predicted octanol–water partition coefficient (Wildman–Crippen LogP) is 2.43. The molecule has 0 saturated heterocycles. The Bertz CT molecular complexity index is 328. The molecule has 0 aromatic heterocycles. The van der Waals surface area contributed by atoms with Gasteiger partial charge in [0.15, 0.2) is 0 Å². The third-order valence-electron chi connectivity index (χ3n) is 1.65. The zero-order valence-corrected chi connectivity index (χ0v) is 7.65. The third kappa shape index (κ3) is 2.10. The van der Waals surface area contributed by atoms with Crippen molar-refractivity contribution in [3.63, 3.8) is 0 Å². The number of anilines is 1. The molecule has 0 radical (unpaired) electrons. The highest BCUT2D eigenvalue weighted by molar-refractivity contribution is 6.31. The van der Waals surface area contributed by atoms with Gasteiger partial charge in [0.2, 0.25) is 0 Å². The van der Waals surface area contributed by atoms with Crippen LogP contribution in [-0.4, -0.2) is 5.11 Å². The minimum atomic E-state index is -4.57. The molecule has 0 unspecified atom stereocenters. The number of hydrogen-bond acceptors (Lipinski definition) is 2. The smallest absolute Gasteiger partial charge is 0.398 e.